The molecule has 0 spiro atoms. The molecule has 7 heteroatoms. The summed E-state index contributed by atoms with van der Waals surface area (Å²) in [6, 6.07) is 0. The van der Waals surface area contributed by atoms with Crippen molar-refractivity contribution in [3.63, 3.8) is 0 Å². The van der Waals surface area contributed by atoms with Crippen LogP contribution in [0, 0.1) is 0 Å². The third-order valence-corrected chi connectivity index (χ3v) is 5.26. The highest BCUT2D eigenvalue weighted by molar-refractivity contribution is 8.00. The second-order valence-corrected chi connectivity index (χ2v) is 6.88. The molecule has 0 aliphatic carbocycles. The summed E-state index contributed by atoms with van der Waals surface area (Å²) in [5.74, 6) is 1.05. The highest BCUT2D eigenvalue weighted by atomic mass is 32.2. The van der Waals surface area contributed by atoms with Crippen LogP contribution in [0.4, 0.5) is 5.13 Å². The van der Waals surface area contributed by atoms with E-state index in [2.05, 4.69) is 29.4 Å². The molecule has 1 aliphatic heterocycles. The van der Waals surface area contributed by atoms with Gasteiger partial charge in [-0.1, -0.05) is 25.2 Å². The summed E-state index contributed by atoms with van der Waals surface area (Å²) in [7, 11) is 0. The van der Waals surface area contributed by atoms with Gasteiger partial charge >= 0.3 is 0 Å². The molecule has 1 aliphatic rings. The van der Waals surface area contributed by atoms with E-state index >= 15 is 0 Å². The number of nitrogens with one attached hydrogen (secondary N) is 1. The molecule has 1 fully saturated rings. The zero-order valence-electron chi connectivity index (χ0n) is 11.4. The fourth-order valence-corrected chi connectivity index (χ4v) is 3.82. The minimum absolute atomic E-state index is 0.0285. The minimum atomic E-state index is 0.0285. The van der Waals surface area contributed by atoms with Crippen LogP contribution >= 0.6 is 23.1 Å². The normalized spacial score (nSPS) is 19.5. The van der Waals surface area contributed by atoms with Gasteiger partial charge in [0.05, 0.1) is 0 Å². The van der Waals surface area contributed by atoms with E-state index in [9.17, 15) is 4.79 Å². The Bertz CT molecular complexity index is 424. The first-order valence-electron chi connectivity index (χ1n) is 6.72. The van der Waals surface area contributed by atoms with Gasteiger partial charge in [0.1, 0.15) is 0 Å². The SMILES string of the molecule is CCCNc1nnc(C(=O)N2CCSC(CC)C2)s1. The second kappa shape index (κ2) is 7.09. The lowest BCUT2D eigenvalue weighted by Crippen LogP contribution is -2.41. The molecule has 1 saturated heterocycles. The molecule has 1 aromatic rings. The van der Waals surface area contributed by atoms with Crippen molar-refractivity contribution in [2.75, 3.05) is 30.7 Å². The van der Waals surface area contributed by atoms with Crippen LogP contribution in [0.1, 0.15) is 36.5 Å². The molecule has 1 aromatic heterocycles. The summed E-state index contributed by atoms with van der Waals surface area (Å²) >= 11 is 3.31. The zero-order valence-corrected chi connectivity index (χ0v) is 13.0. The predicted molar refractivity (Wildman–Crippen MR) is 81.1 cm³/mol. The van der Waals surface area contributed by atoms with Gasteiger partial charge in [0, 0.05) is 30.6 Å². The largest absolute Gasteiger partial charge is 0.360 e. The Kier molecular flexibility index (Phi) is 5.45. The summed E-state index contributed by atoms with van der Waals surface area (Å²) in [5.41, 5.74) is 0. The van der Waals surface area contributed by atoms with Gasteiger partial charge in [0.25, 0.3) is 5.91 Å². The lowest BCUT2D eigenvalue weighted by Gasteiger charge is -2.31. The van der Waals surface area contributed by atoms with Crippen molar-refractivity contribution in [1.29, 1.82) is 0 Å². The van der Waals surface area contributed by atoms with Gasteiger partial charge in [-0.05, 0) is 12.8 Å². The Labute approximate surface area is 122 Å². The van der Waals surface area contributed by atoms with E-state index in [1.165, 1.54) is 11.3 Å². The van der Waals surface area contributed by atoms with E-state index < -0.39 is 0 Å². The number of anilines is 1. The first kappa shape index (κ1) is 14.6. The molecule has 1 atom stereocenters. The topological polar surface area (TPSA) is 58.1 Å². The first-order chi connectivity index (χ1) is 9.24. The van der Waals surface area contributed by atoms with Crippen LogP contribution in [0.5, 0.6) is 0 Å². The van der Waals surface area contributed by atoms with Crippen molar-refractivity contribution in [2.45, 2.75) is 31.9 Å². The van der Waals surface area contributed by atoms with Gasteiger partial charge in [-0.2, -0.15) is 11.8 Å². The minimum Gasteiger partial charge on any atom is -0.360 e. The fraction of sp³-hybridized carbons (Fsp3) is 0.750. The van der Waals surface area contributed by atoms with Gasteiger partial charge in [0.2, 0.25) is 10.1 Å². The van der Waals surface area contributed by atoms with Crippen LogP contribution in [-0.2, 0) is 0 Å². The maximum Gasteiger partial charge on any atom is 0.284 e. The molecule has 106 valence electrons. The van der Waals surface area contributed by atoms with Crippen LogP contribution in [-0.4, -0.2) is 51.6 Å². The molecular weight excluding hydrogens is 280 g/mol. The van der Waals surface area contributed by atoms with E-state index in [1.54, 1.807) is 0 Å². The molecule has 0 radical (unpaired) electrons. The molecule has 1 unspecified atom stereocenters. The van der Waals surface area contributed by atoms with Crippen molar-refractivity contribution < 1.29 is 4.79 Å². The number of carbonyl (C=O) groups is 1. The highest BCUT2D eigenvalue weighted by Gasteiger charge is 2.26. The monoisotopic (exact) mass is 300 g/mol. The molecule has 2 rings (SSSR count). The highest BCUT2D eigenvalue weighted by Crippen LogP contribution is 2.24. The van der Waals surface area contributed by atoms with Crippen LogP contribution in [0.2, 0.25) is 0 Å². The molecule has 2 heterocycles. The standard InChI is InChI=1S/C12H20N4OS2/c1-3-5-13-12-15-14-10(19-12)11(17)16-6-7-18-9(4-2)8-16/h9H,3-8H2,1-2H3,(H,13,15). The van der Waals surface area contributed by atoms with E-state index in [1.807, 2.05) is 16.7 Å². The van der Waals surface area contributed by atoms with Gasteiger partial charge in [-0.3, -0.25) is 4.79 Å². The molecule has 1 amide bonds. The molecule has 19 heavy (non-hydrogen) atoms. The number of hydrogen-bond acceptors (Lipinski definition) is 6. The molecule has 0 aromatic carbocycles. The first-order valence-corrected chi connectivity index (χ1v) is 8.59. The van der Waals surface area contributed by atoms with Crippen molar-refractivity contribution >= 4 is 34.1 Å². The average molecular weight is 300 g/mol. The summed E-state index contributed by atoms with van der Waals surface area (Å²) in [6.07, 6.45) is 2.14. The number of carbonyl (C=O) groups excluding carboxylic acids is 1. The van der Waals surface area contributed by atoms with Gasteiger partial charge < -0.3 is 10.2 Å². The van der Waals surface area contributed by atoms with Crippen molar-refractivity contribution in [1.82, 2.24) is 15.1 Å². The third-order valence-electron chi connectivity index (χ3n) is 3.02. The van der Waals surface area contributed by atoms with Gasteiger partial charge in [0.15, 0.2) is 0 Å². The van der Waals surface area contributed by atoms with Gasteiger partial charge in [-0.15, -0.1) is 10.2 Å². The van der Waals surface area contributed by atoms with Crippen LogP contribution in [0.25, 0.3) is 0 Å². The third kappa shape index (κ3) is 3.82. The maximum atomic E-state index is 12.3. The summed E-state index contributed by atoms with van der Waals surface area (Å²) in [6.45, 7) is 6.77. The summed E-state index contributed by atoms with van der Waals surface area (Å²) in [4.78, 5) is 14.3. The fourth-order valence-electron chi connectivity index (χ4n) is 1.90. The Balaban J connectivity index is 1.96. The van der Waals surface area contributed by atoms with Gasteiger partial charge in [-0.25, -0.2) is 0 Å². The molecular formula is C12H20N4OS2. The quantitative estimate of drug-likeness (QED) is 0.904. The predicted octanol–water partition coefficient (Wildman–Crippen LogP) is 2.33. The number of thioether (sulfide) groups is 1. The van der Waals surface area contributed by atoms with Crippen molar-refractivity contribution in [3.05, 3.63) is 5.01 Å². The van der Waals surface area contributed by atoms with E-state index in [0.717, 1.165) is 43.4 Å². The Morgan fingerprint density at radius 2 is 2.32 bits per heavy atom. The smallest absolute Gasteiger partial charge is 0.284 e. The van der Waals surface area contributed by atoms with Crippen LogP contribution in [0.15, 0.2) is 0 Å². The second-order valence-electron chi connectivity index (χ2n) is 4.49. The Morgan fingerprint density at radius 1 is 1.47 bits per heavy atom. The number of aromatic nitrogens is 2. The molecule has 1 N–H and O–H groups in total. The van der Waals surface area contributed by atoms with Crippen molar-refractivity contribution in [3.8, 4) is 0 Å². The van der Waals surface area contributed by atoms with E-state index in [0.29, 0.717) is 10.3 Å². The zero-order chi connectivity index (χ0) is 13.7. The lowest BCUT2D eigenvalue weighted by atomic mass is 10.3. The number of nitrogens with zero attached hydrogens (tertiary/aromatic N) is 3. The average Bonchev–Trinajstić information content (AvgIpc) is 2.93. The number of amides is 1. The lowest BCUT2D eigenvalue weighted by molar-refractivity contribution is 0.0759. The molecule has 5 nitrogen and oxygen atoms in total. The van der Waals surface area contributed by atoms with E-state index in [4.69, 9.17) is 0 Å². The number of rotatable bonds is 5. The summed E-state index contributed by atoms with van der Waals surface area (Å²) < 4.78 is 0. The van der Waals surface area contributed by atoms with Crippen LogP contribution in [0.3, 0.4) is 0 Å². The molecule has 0 bridgehead atoms. The van der Waals surface area contributed by atoms with Crippen molar-refractivity contribution in [2.24, 2.45) is 0 Å². The Hall–Kier alpha value is -0.820. The number of hydrogen-bond donors (Lipinski definition) is 1. The molecule has 0 saturated carbocycles. The Morgan fingerprint density at radius 3 is 3.05 bits per heavy atom. The maximum absolute atomic E-state index is 12.3. The van der Waals surface area contributed by atoms with E-state index in [-0.39, 0.29) is 5.91 Å². The van der Waals surface area contributed by atoms with Crippen LogP contribution < -0.4 is 5.32 Å². The summed E-state index contributed by atoms with van der Waals surface area (Å²) in [5, 5.41) is 13.0.